The number of carbonyl (C=O) groups is 3. The van der Waals surface area contributed by atoms with Gasteiger partial charge in [-0.05, 0) is 25.8 Å². The highest BCUT2D eigenvalue weighted by Crippen LogP contribution is 2.12. The number of rotatable bonds is 10. The third-order valence-corrected chi connectivity index (χ3v) is 2.93. The van der Waals surface area contributed by atoms with E-state index in [4.69, 9.17) is 9.84 Å². The highest BCUT2D eigenvalue weighted by atomic mass is 16.5. The average Bonchev–Trinajstić information content (AvgIpc) is 2.62. The third-order valence-electron chi connectivity index (χ3n) is 2.93. The van der Waals surface area contributed by atoms with Crippen LogP contribution in [0, 0.1) is 5.92 Å². The van der Waals surface area contributed by atoms with Crippen molar-refractivity contribution >= 4 is 17.9 Å². The van der Waals surface area contributed by atoms with Crippen LogP contribution in [0.3, 0.4) is 0 Å². The summed E-state index contributed by atoms with van der Waals surface area (Å²) in [5, 5.41) is 8.28. The van der Waals surface area contributed by atoms with Crippen molar-refractivity contribution in [3.05, 3.63) is 37.8 Å². The third kappa shape index (κ3) is 25.8. The number of carbonyl (C=O) groups excluding carboxylic acids is 3. The molecule has 0 fully saturated rings. The van der Waals surface area contributed by atoms with Gasteiger partial charge < -0.3 is 19.3 Å². The van der Waals surface area contributed by atoms with Crippen molar-refractivity contribution in [2.45, 2.75) is 53.4 Å². The molecule has 0 spiro atoms. The van der Waals surface area contributed by atoms with E-state index in [1.54, 1.807) is 6.92 Å². The molecule has 0 aliphatic carbocycles. The van der Waals surface area contributed by atoms with Gasteiger partial charge in [-0.2, -0.15) is 0 Å². The summed E-state index contributed by atoms with van der Waals surface area (Å²) in [6, 6.07) is 0. The van der Waals surface area contributed by atoms with Gasteiger partial charge in [0.15, 0.2) is 5.76 Å². The van der Waals surface area contributed by atoms with Gasteiger partial charge in [0.05, 0.1) is 19.5 Å². The van der Waals surface area contributed by atoms with E-state index in [1.165, 1.54) is 25.8 Å². The van der Waals surface area contributed by atoms with Crippen LogP contribution in [-0.2, 0) is 28.6 Å². The average molecular weight is 386 g/mol. The van der Waals surface area contributed by atoms with Gasteiger partial charge in [-0.25, -0.2) is 9.59 Å². The predicted octanol–water partition coefficient (Wildman–Crippen LogP) is 4.25. The van der Waals surface area contributed by atoms with Gasteiger partial charge in [-0.15, -0.1) is 0 Å². The lowest BCUT2D eigenvalue weighted by atomic mass is 10.0. The number of aliphatic hydroxyl groups is 1. The Bertz CT molecular complexity index is 455. The Balaban J connectivity index is -0.000000351. The topological polar surface area (TPSA) is 99.1 Å². The summed E-state index contributed by atoms with van der Waals surface area (Å²) in [7, 11) is 0. The zero-order chi connectivity index (χ0) is 21.7. The van der Waals surface area contributed by atoms with E-state index in [0.717, 1.165) is 19.1 Å². The van der Waals surface area contributed by atoms with Crippen molar-refractivity contribution in [1.29, 1.82) is 0 Å². The molecule has 0 aliphatic heterocycles. The number of hydrogen-bond acceptors (Lipinski definition) is 7. The summed E-state index contributed by atoms with van der Waals surface area (Å²) >= 11 is 0. The molecular weight excluding hydrogens is 352 g/mol. The summed E-state index contributed by atoms with van der Waals surface area (Å²) in [4.78, 5) is 30.7. The molecule has 0 aliphatic rings. The second-order valence-electron chi connectivity index (χ2n) is 5.19. The van der Waals surface area contributed by atoms with Crippen LogP contribution in [0.1, 0.15) is 53.4 Å². The Morgan fingerprint density at radius 2 is 1.70 bits per heavy atom. The van der Waals surface area contributed by atoms with E-state index >= 15 is 0 Å². The first kappa shape index (κ1) is 29.2. The largest absolute Gasteiger partial charge is 0.502 e. The lowest BCUT2D eigenvalue weighted by molar-refractivity contribution is -0.141. The minimum atomic E-state index is -0.757. The second-order valence-corrected chi connectivity index (χ2v) is 5.19. The molecule has 1 N–H and O–H groups in total. The summed E-state index contributed by atoms with van der Waals surface area (Å²) in [6.07, 6.45) is 6.95. The van der Waals surface area contributed by atoms with Crippen molar-refractivity contribution in [2.75, 3.05) is 13.2 Å². The van der Waals surface area contributed by atoms with Crippen LogP contribution in [0.15, 0.2) is 37.8 Å². The van der Waals surface area contributed by atoms with E-state index < -0.39 is 11.7 Å². The van der Waals surface area contributed by atoms with Gasteiger partial charge in [0.2, 0.25) is 0 Å². The molecule has 27 heavy (non-hydrogen) atoms. The summed E-state index contributed by atoms with van der Waals surface area (Å²) < 4.78 is 13.5. The fraction of sp³-hybridized carbons (Fsp3) is 0.550. The first-order valence-corrected chi connectivity index (χ1v) is 8.82. The minimum absolute atomic E-state index is 0.262. The van der Waals surface area contributed by atoms with Crippen molar-refractivity contribution in [1.82, 2.24) is 0 Å². The summed E-state index contributed by atoms with van der Waals surface area (Å²) in [5.41, 5.74) is 0. The van der Waals surface area contributed by atoms with Crippen LogP contribution in [0.4, 0.5) is 0 Å². The van der Waals surface area contributed by atoms with E-state index in [1.807, 2.05) is 0 Å². The fourth-order valence-electron chi connectivity index (χ4n) is 1.49. The molecule has 7 nitrogen and oxygen atoms in total. The van der Waals surface area contributed by atoms with E-state index in [9.17, 15) is 14.4 Å². The Morgan fingerprint density at radius 3 is 1.96 bits per heavy atom. The predicted molar refractivity (Wildman–Crippen MR) is 105 cm³/mol. The number of esters is 3. The number of aliphatic hydroxyl groups excluding tert-OH is 1. The van der Waals surface area contributed by atoms with Crippen LogP contribution in [0.2, 0.25) is 0 Å². The molecule has 0 heterocycles. The molecule has 0 bridgehead atoms. The van der Waals surface area contributed by atoms with Crippen LogP contribution < -0.4 is 0 Å². The molecule has 1 unspecified atom stereocenters. The lowest BCUT2D eigenvalue weighted by Gasteiger charge is -2.13. The smallest absolute Gasteiger partial charge is 0.372 e. The second kappa shape index (κ2) is 21.5. The monoisotopic (exact) mass is 386 g/mol. The summed E-state index contributed by atoms with van der Waals surface area (Å²) in [5.74, 6) is -1.43. The quantitative estimate of drug-likeness (QED) is 0.259. The van der Waals surface area contributed by atoms with Crippen molar-refractivity contribution < 1.29 is 33.7 Å². The van der Waals surface area contributed by atoms with E-state index in [-0.39, 0.29) is 18.5 Å². The van der Waals surface area contributed by atoms with Crippen LogP contribution in [0.25, 0.3) is 0 Å². The molecule has 156 valence electrons. The van der Waals surface area contributed by atoms with Gasteiger partial charge in [-0.3, -0.25) is 4.79 Å². The minimum Gasteiger partial charge on any atom is -0.502 e. The molecule has 0 radical (unpaired) electrons. The Labute approximate surface area is 162 Å². The zero-order valence-electron chi connectivity index (χ0n) is 17.0. The molecule has 0 amide bonds. The maximum absolute atomic E-state index is 10.8. The highest BCUT2D eigenvalue weighted by molar-refractivity contribution is 5.84. The van der Waals surface area contributed by atoms with Gasteiger partial charge in [0.1, 0.15) is 0 Å². The maximum atomic E-state index is 10.8. The highest BCUT2D eigenvalue weighted by Gasteiger charge is 2.07. The number of hydrogen-bond donors (Lipinski definition) is 1. The molecule has 0 aromatic carbocycles. The Hall–Kier alpha value is -2.57. The molecular formula is C20H34O7. The molecule has 1 atom stereocenters. The van der Waals surface area contributed by atoms with Crippen LogP contribution in [0.5, 0.6) is 0 Å². The first-order chi connectivity index (χ1) is 12.7. The van der Waals surface area contributed by atoms with E-state index in [0.29, 0.717) is 12.5 Å². The normalized spacial score (nSPS) is 9.78. The van der Waals surface area contributed by atoms with Gasteiger partial charge in [-0.1, -0.05) is 46.3 Å². The Morgan fingerprint density at radius 1 is 1.11 bits per heavy atom. The number of ether oxygens (including phenoxy) is 3. The SMILES string of the molecule is C=C(O)C(=O)OCC.C=CC(=O)OCC(CC)CCCC.C=COC(C)=O. The summed E-state index contributed by atoms with van der Waals surface area (Å²) in [6.45, 7) is 17.5. The lowest BCUT2D eigenvalue weighted by Crippen LogP contribution is -2.12. The molecule has 0 saturated heterocycles. The number of unbranched alkanes of at least 4 members (excludes halogenated alkanes) is 1. The zero-order valence-corrected chi connectivity index (χ0v) is 17.0. The van der Waals surface area contributed by atoms with Crippen molar-refractivity contribution in [3.8, 4) is 0 Å². The van der Waals surface area contributed by atoms with Gasteiger partial charge >= 0.3 is 17.9 Å². The van der Waals surface area contributed by atoms with Crippen molar-refractivity contribution in [2.24, 2.45) is 5.92 Å². The molecule has 0 aromatic rings. The van der Waals surface area contributed by atoms with Gasteiger partial charge in [0, 0.05) is 13.0 Å². The molecule has 7 heteroatoms. The maximum Gasteiger partial charge on any atom is 0.372 e. The fourth-order valence-corrected chi connectivity index (χ4v) is 1.49. The van der Waals surface area contributed by atoms with Crippen LogP contribution in [-0.4, -0.2) is 36.2 Å². The standard InChI is InChI=1S/C11H20O2.C5H8O3.C4H6O2/c1-4-7-8-10(5-2)9-13-11(12)6-3;1-3-8-5(7)4(2)6;1-3-6-4(2)5/h6,10H,3-5,7-9H2,1-2H3;6H,2-3H2,1H3;3H,1H2,2H3. The van der Waals surface area contributed by atoms with E-state index in [2.05, 4.69) is 43.1 Å². The molecule has 0 rings (SSSR count). The Kier molecular flexibility index (Phi) is 23.2. The first-order valence-electron chi connectivity index (χ1n) is 8.82. The molecule has 0 saturated carbocycles. The van der Waals surface area contributed by atoms with Crippen LogP contribution >= 0.6 is 0 Å². The van der Waals surface area contributed by atoms with Crippen molar-refractivity contribution in [3.63, 3.8) is 0 Å². The van der Waals surface area contributed by atoms with Gasteiger partial charge in [0.25, 0.3) is 0 Å². The molecule has 0 aromatic heterocycles.